The minimum atomic E-state index is 0.389. The molecule has 1 fully saturated rings. The summed E-state index contributed by atoms with van der Waals surface area (Å²) in [6.45, 7) is 2.30. The second-order valence-electron chi connectivity index (χ2n) is 5.01. The molecule has 0 aliphatic carbocycles. The molecular formula is C15H16N2O2S2. The standard InChI is InChI=1S/C15H16N2O2S2/c1-2-13-14(19-5-4-18-13)7-10(1)11-9-21-15(17-11)12-8-20-6-3-16-12/h1-2,7,9,12,16H,3-6,8H2. The lowest BCUT2D eigenvalue weighted by Gasteiger charge is -2.20. The number of fused-ring (bicyclic) bond motifs is 1. The van der Waals surface area contributed by atoms with E-state index in [0.717, 1.165) is 35.1 Å². The largest absolute Gasteiger partial charge is 0.486 e. The second kappa shape index (κ2) is 5.87. The Morgan fingerprint density at radius 3 is 2.95 bits per heavy atom. The molecule has 4 nitrogen and oxygen atoms in total. The van der Waals surface area contributed by atoms with Gasteiger partial charge < -0.3 is 14.8 Å². The highest BCUT2D eigenvalue weighted by atomic mass is 32.2. The van der Waals surface area contributed by atoms with E-state index < -0.39 is 0 Å². The molecule has 1 aromatic carbocycles. The van der Waals surface area contributed by atoms with E-state index in [1.807, 2.05) is 23.9 Å². The fourth-order valence-corrected chi connectivity index (χ4v) is 4.46. The first-order valence-electron chi connectivity index (χ1n) is 7.07. The summed E-state index contributed by atoms with van der Waals surface area (Å²) in [6, 6.07) is 6.43. The summed E-state index contributed by atoms with van der Waals surface area (Å²) in [6.07, 6.45) is 0. The zero-order valence-corrected chi connectivity index (χ0v) is 13.1. The molecule has 2 aliphatic rings. The van der Waals surface area contributed by atoms with Gasteiger partial charge in [-0.3, -0.25) is 0 Å². The van der Waals surface area contributed by atoms with Crippen molar-refractivity contribution in [2.75, 3.05) is 31.3 Å². The average Bonchev–Trinajstić information content (AvgIpc) is 3.05. The molecule has 0 bridgehead atoms. The Kier molecular flexibility index (Phi) is 3.75. The van der Waals surface area contributed by atoms with Crippen LogP contribution in [0.5, 0.6) is 11.5 Å². The van der Waals surface area contributed by atoms with Gasteiger partial charge in [-0.1, -0.05) is 0 Å². The van der Waals surface area contributed by atoms with Gasteiger partial charge in [0.1, 0.15) is 18.2 Å². The molecule has 0 radical (unpaired) electrons. The van der Waals surface area contributed by atoms with Crippen LogP contribution in [0.3, 0.4) is 0 Å². The van der Waals surface area contributed by atoms with E-state index in [4.69, 9.17) is 14.5 Å². The molecule has 21 heavy (non-hydrogen) atoms. The molecule has 3 heterocycles. The molecule has 1 atom stereocenters. The number of hydrogen-bond acceptors (Lipinski definition) is 6. The number of benzene rings is 1. The third-order valence-electron chi connectivity index (χ3n) is 3.58. The molecule has 2 aliphatic heterocycles. The Morgan fingerprint density at radius 2 is 2.10 bits per heavy atom. The molecule has 0 saturated carbocycles. The number of ether oxygens (including phenoxy) is 2. The van der Waals surface area contributed by atoms with Crippen molar-refractivity contribution in [2.24, 2.45) is 0 Å². The summed E-state index contributed by atoms with van der Waals surface area (Å²) in [5, 5.41) is 6.83. The molecule has 6 heteroatoms. The second-order valence-corrected chi connectivity index (χ2v) is 7.05. The van der Waals surface area contributed by atoms with Crippen LogP contribution in [0, 0.1) is 0 Å². The van der Waals surface area contributed by atoms with Crippen LogP contribution in [0.4, 0.5) is 0 Å². The maximum atomic E-state index is 5.64. The van der Waals surface area contributed by atoms with Crippen molar-refractivity contribution < 1.29 is 9.47 Å². The van der Waals surface area contributed by atoms with E-state index in [1.165, 1.54) is 10.8 Å². The van der Waals surface area contributed by atoms with E-state index in [0.29, 0.717) is 19.3 Å². The highest BCUT2D eigenvalue weighted by molar-refractivity contribution is 7.99. The summed E-state index contributed by atoms with van der Waals surface area (Å²) in [5.41, 5.74) is 2.11. The SMILES string of the molecule is c1cc2c(cc1-c1csc(C3CSCCN3)n1)OCCO2. The van der Waals surface area contributed by atoms with Crippen molar-refractivity contribution in [1.82, 2.24) is 10.3 Å². The zero-order valence-electron chi connectivity index (χ0n) is 11.5. The van der Waals surface area contributed by atoms with Crippen molar-refractivity contribution in [3.05, 3.63) is 28.6 Å². The number of aromatic nitrogens is 1. The maximum Gasteiger partial charge on any atom is 0.162 e. The monoisotopic (exact) mass is 320 g/mol. The Bertz CT molecular complexity index is 638. The number of nitrogens with one attached hydrogen (secondary N) is 1. The molecular weight excluding hydrogens is 304 g/mol. The lowest BCUT2D eigenvalue weighted by molar-refractivity contribution is 0.171. The third-order valence-corrected chi connectivity index (χ3v) is 5.60. The predicted octanol–water partition coefficient (Wildman–Crippen LogP) is 2.96. The van der Waals surface area contributed by atoms with Crippen LogP contribution < -0.4 is 14.8 Å². The number of rotatable bonds is 2. The van der Waals surface area contributed by atoms with Gasteiger partial charge in [0, 0.05) is 29.0 Å². The summed E-state index contributed by atoms with van der Waals surface area (Å²) < 4.78 is 11.2. The first-order chi connectivity index (χ1) is 10.4. The molecule has 110 valence electrons. The number of thiazole rings is 1. The quantitative estimate of drug-likeness (QED) is 0.921. The fraction of sp³-hybridized carbons (Fsp3) is 0.400. The van der Waals surface area contributed by atoms with Crippen LogP contribution in [0.15, 0.2) is 23.6 Å². The Balaban J connectivity index is 1.60. The van der Waals surface area contributed by atoms with E-state index in [2.05, 4.69) is 16.8 Å². The predicted molar refractivity (Wildman–Crippen MR) is 86.6 cm³/mol. The van der Waals surface area contributed by atoms with Crippen LogP contribution in [0.1, 0.15) is 11.0 Å². The molecule has 1 aromatic heterocycles. The topological polar surface area (TPSA) is 43.4 Å². The van der Waals surface area contributed by atoms with E-state index >= 15 is 0 Å². The summed E-state index contributed by atoms with van der Waals surface area (Å²) in [5.74, 6) is 3.94. The Hall–Kier alpha value is -1.24. The molecule has 1 saturated heterocycles. The maximum absolute atomic E-state index is 5.64. The zero-order chi connectivity index (χ0) is 14.1. The highest BCUT2D eigenvalue weighted by Gasteiger charge is 2.19. The summed E-state index contributed by atoms with van der Waals surface area (Å²) >= 11 is 3.72. The minimum Gasteiger partial charge on any atom is -0.486 e. The minimum absolute atomic E-state index is 0.389. The van der Waals surface area contributed by atoms with Crippen LogP contribution in [-0.4, -0.2) is 36.2 Å². The summed E-state index contributed by atoms with van der Waals surface area (Å²) in [7, 11) is 0. The first-order valence-corrected chi connectivity index (χ1v) is 9.10. The van der Waals surface area contributed by atoms with Crippen molar-refractivity contribution >= 4 is 23.1 Å². The number of nitrogens with zero attached hydrogens (tertiary/aromatic N) is 1. The molecule has 2 aromatic rings. The lowest BCUT2D eigenvalue weighted by atomic mass is 10.1. The van der Waals surface area contributed by atoms with Gasteiger partial charge in [-0.2, -0.15) is 11.8 Å². The molecule has 0 spiro atoms. The average molecular weight is 320 g/mol. The van der Waals surface area contributed by atoms with Crippen molar-refractivity contribution in [2.45, 2.75) is 6.04 Å². The normalized spacial score (nSPS) is 21.2. The van der Waals surface area contributed by atoms with E-state index in [-0.39, 0.29) is 0 Å². The van der Waals surface area contributed by atoms with Gasteiger partial charge in [0.25, 0.3) is 0 Å². The van der Waals surface area contributed by atoms with Crippen molar-refractivity contribution in [1.29, 1.82) is 0 Å². The van der Waals surface area contributed by atoms with Gasteiger partial charge in [0.05, 0.1) is 11.7 Å². The van der Waals surface area contributed by atoms with Gasteiger partial charge >= 0.3 is 0 Å². The van der Waals surface area contributed by atoms with Gasteiger partial charge in [0.15, 0.2) is 11.5 Å². The first kappa shape index (κ1) is 13.4. The summed E-state index contributed by atoms with van der Waals surface area (Å²) in [4.78, 5) is 4.80. The number of thioether (sulfide) groups is 1. The fourth-order valence-electron chi connectivity index (χ4n) is 2.51. The van der Waals surface area contributed by atoms with Crippen LogP contribution >= 0.6 is 23.1 Å². The van der Waals surface area contributed by atoms with E-state index in [1.54, 1.807) is 11.3 Å². The van der Waals surface area contributed by atoms with Crippen LogP contribution in [0.2, 0.25) is 0 Å². The van der Waals surface area contributed by atoms with E-state index in [9.17, 15) is 0 Å². The van der Waals surface area contributed by atoms with Gasteiger partial charge in [-0.25, -0.2) is 4.98 Å². The molecule has 0 amide bonds. The van der Waals surface area contributed by atoms with Gasteiger partial charge in [-0.05, 0) is 18.2 Å². The van der Waals surface area contributed by atoms with Gasteiger partial charge in [0.2, 0.25) is 0 Å². The molecule has 1 N–H and O–H groups in total. The van der Waals surface area contributed by atoms with Crippen molar-refractivity contribution in [3.63, 3.8) is 0 Å². The number of hydrogen-bond donors (Lipinski definition) is 1. The lowest BCUT2D eigenvalue weighted by Crippen LogP contribution is -2.30. The Morgan fingerprint density at radius 1 is 1.19 bits per heavy atom. The van der Waals surface area contributed by atoms with Gasteiger partial charge in [-0.15, -0.1) is 11.3 Å². The van der Waals surface area contributed by atoms with Crippen LogP contribution in [0.25, 0.3) is 11.3 Å². The molecule has 4 rings (SSSR count). The Labute approximate surface area is 131 Å². The molecule has 1 unspecified atom stereocenters. The highest BCUT2D eigenvalue weighted by Crippen LogP contribution is 2.35. The van der Waals surface area contributed by atoms with Crippen molar-refractivity contribution in [3.8, 4) is 22.8 Å². The third kappa shape index (κ3) is 2.75. The smallest absolute Gasteiger partial charge is 0.162 e. The van der Waals surface area contributed by atoms with Crippen LogP contribution in [-0.2, 0) is 0 Å².